The molecule has 0 bridgehead atoms. The number of aliphatic hydroxyl groups is 1. The normalized spacial score (nSPS) is 14.3. The standard InChI is InChI=1S/C13H26N4O3S/c1-4-5-17-12(6-14)15-16-13(17)21-9-11(18)8-20-10(2)7-19-3/h10-11,18H,4-9,14H2,1-3H3. The third-order valence-corrected chi connectivity index (χ3v) is 3.91. The highest BCUT2D eigenvalue weighted by molar-refractivity contribution is 7.99. The Kier molecular flexibility index (Phi) is 8.86. The van der Waals surface area contributed by atoms with Crippen LogP contribution < -0.4 is 5.73 Å². The van der Waals surface area contributed by atoms with Gasteiger partial charge >= 0.3 is 0 Å². The maximum Gasteiger partial charge on any atom is 0.191 e. The van der Waals surface area contributed by atoms with Gasteiger partial charge in [-0.3, -0.25) is 0 Å². The number of rotatable bonds is 11. The highest BCUT2D eigenvalue weighted by Gasteiger charge is 2.14. The van der Waals surface area contributed by atoms with Gasteiger partial charge in [0.1, 0.15) is 5.82 Å². The fourth-order valence-electron chi connectivity index (χ4n) is 1.80. The number of ether oxygens (including phenoxy) is 2. The molecule has 7 nitrogen and oxygen atoms in total. The van der Waals surface area contributed by atoms with Crippen LogP contribution >= 0.6 is 11.8 Å². The topological polar surface area (TPSA) is 95.4 Å². The van der Waals surface area contributed by atoms with Gasteiger partial charge in [0.15, 0.2) is 5.16 Å². The van der Waals surface area contributed by atoms with E-state index >= 15 is 0 Å². The second-order valence-corrected chi connectivity index (χ2v) is 5.81. The fourth-order valence-corrected chi connectivity index (χ4v) is 2.69. The lowest BCUT2D eigenvalue weighted by Crippen LogP contribution is -2.24. The summed E-state index contributed by atoms with van der Waals surface area (Å²) in [5.41, 5.74) is 5.65. The minimum absolute atomic E-state index is 0.0257. The first-order valence-electron chi connectivity index (χ1n) is 7.15. The van der Waals surface area contributed by atoms with Crippen LogP contribution in [0.15, 0.2) is 5.16 Å². The van der Waals surface area contributed by atoms with Crippen molar-refractivity contribution in [3.8, 4) is 0 Å². The molecule has 0 aliphatic rings. The second-order valence-electron chi connectivity index (χ2n) is 4.82. The van der Waals surface area contributed by atoms with Crippen molar-refractivity contribution in [2.45, 2.75) is 50.7 Å². The molecule has 2 unspecified atom stereocenters. The molecular weight excluding hydrogens is 292 g/mol. The SMILES string of the molecule is CCCn1c(CN)nnc1SCC(O)COC(C)COC. The van der Waals surface area contributed by atoms with Crippen molar-refractivity contribution in [1.29, 1.82) is 0 Å². The van der Waals surface area contributed by atoms with E-state index in [1.807, 2.05) is 11.5 Å². The molecule has 122 valence electrons. The van der Waals surface area contributed by atoms with Gasteiger partial charge in [-0.05, 0) is 13.3 Å². The average Bonchev–Trinajstić information content (AvgIpc) is 2.86. The van der Waals surface area contributed by atoms with Gasteiger partial charge in [-0.2, -0.15) is 0 Å². The largest absolute Gasteiger partial charge is 0.390 e. The van der Waals surface area contributed by atoms with Crippen molar-refractivity contribution >= 4 is 11.8 Å². The molecule has 0 saturated heterocycles. The maximum absolute atomic E-state index is 9.94. The van der Waals surface area contributed by atoms with E-state index in [2.05, 4.69) is 17.1 Å². The van der Waals surface area contributed by atoms with Crippen LogP contribution in [0.1, 0.15) is 26.1 Å². The Balaban J connectivity index is 2.42. The molecule has 3 N–H and O–H groups in total. The quantitative estimate of drug-likeness (QED) is 0.578. The Morgan fingerprint density at radius 3 is 2.76 bits per heavy atom. The Hall–Kier alpha value is -0.670. The van der Waals surface area contributed by atoms with Crippen LogP contribution in [0.25, 0.3) is 0 Å². The Bertz CT molecular complexity index is 403. The molecular formula is C13H26N4O3S. The number of hydrogen-bond donors (Lipinski definition) is 2. The van der Waals surface area contributed by atoms with Gasteiger partial charge < -0.3 is 24.9 Å². The van der Waals surface area contributed by atoms with Crippen molar-refractivity contribution in [1.82, 2.24) is 14.8 Å². The van der Waals surface area contributed by atoms with Crippen LogP contribution in [0.2, 0.25) is 0 Å². The molecule has 2 atom stereocenters. The van der Waals surface area contributed by atoms with Crippen molar-refractivity contribution in [2.24, 2.45) is 5.73 Å². The highest BCUT2D eigenvalue weighted by Crippen LogP contribution is 2.18. The first-order chi connectivity index (χ1) is 10.1. The lowest BCUT2D eigenvalue weighted by atomic mass is 10.4. The van der Waals surface area contributed by atoms with E-state index in [1.165, 1.54) is 11.8 Å². The number of methoxy groups -OCH3 is 1. The Morgan fingerprint density at radius 2 is 2.14 bits per heavy atom. The minimum Gasteiger partial charge on any atom is -0.390 e. The van der Waals surface area contributed by atoms with Crippen molar-refractivity contribution in [3.63, 3.8) is 0 Å². The number of aromatic nitrogens is 3. The summed E-state index contributed by atoms with van der Waals surface area (Å²) in [6, 6.07) is 0. The first-order valence-corrected chi connectivity index (χ1v) is 8.14. The smallest absolute Gasteiger partial charge is 0.191 e. The summed E-state index contributed by atoms with van der Waals surface area (Å²) >= 11 is 1.47. The summed E-state index contributed by atoms with van der Waals surface area (Å²) in [5.74, 6) is 1.28. The summed E-state index contributed by atoms with van der Waals surface area (Å²) in [6.07, 6.45) is 0.406. The summed E-state index contributed by atoms with van der Waals surface area (Å²) < 4.78 is 12.5. The number of nitrogens with two attached hydrogens (primary N) is 1. The van der Waals surface area contributed by atoms with Crippen LogP contribution in [0, 0.1) is 0 Å². The molecule has 0 fully saturated rings. The molecule has 0 aliphatic carbocycles. The van der Waals surface area contributed by atoms with Crippen LogP contribution in [0.4, 0.5) is 0 Å². The van der Waals surface area contributed by atoms with Gasteiger partial charge in [0.2, 0.25) is 0 Å². The number of hydrogen-bond acceptors (Lipinski definition) is 7. The summed E-state index contributed by atoms with van der Waals surface area (Å²) in [5, 5.41) is 18.9. The predicted octanol–water partition coefficient (Wildman–Crippen LogP) is 0.651. The van der Waals surface area contributed by atoms with Gasteiger partial charge in [0, 0.05) is 19.4 Å². The van der Waals surface area contributed by atoms with Crippen molar-refractivity contribution < 1.29 is 14.6 Å². The summed E-state index contributed by atoms with van der Waals surface area (Å²) in [4.78, 5) is 0. The molecule has 1 rings (SSSR count). The third kappa shape index (κ3) is 6.31. The van der Waals surface area contributed by atoms with Crippen LogP contribution in [-0.2, 0) is 22.6 Å². The molecule has 0 radical (unpaired) electrons. The lowest BCUT2D eigenvalue weighted by Gasteiger charge is -2.15. The zero-order valence-corrected chi connectivity index (χ0v) is 13.8. The van der Waals surface area contributed by atoms with E-state index in [1.54, 1.807) is 7.11 Å². The van der Waals surface area contributed by atoms with Gasteiger partial charge in [-0.25, -0.2) is 0 Å². The molecule has 21 heavy (non-hydrogen) atoms. The predicted molar refractivity (Wildman–Crippen MR) is 82.2 cm³/mol. The first kappa shape index (κ1) is 18.4. The number of thioether (sulfide) groups is 1. The van der Waals surface area contributed by atoms with E-state index in [0.29, 0.717) is 18.9 Å². The molecule has 8 heteroatoms. The van der Waals surface area contributed by atoms with Gasteiger partial charge in [-0.1, -0.05) is 18.7 Å². The van der Waals surface area contributed by atoms with Crippen LogP contribution in [-0.4, -0.2) is 58.2 Å². The van der Waals surface area contributed by atoms with E-state index in [-0.39, 0.29) is 12.7 Å². The fraction of sp³-hybridized carbons (Fsp3) is 0.846. The monoisotopic (exact) mass is 318 g/mol. The number of nitrogens with zero attached hydrogens (tertiary/aromatic N) is 3. The van der Waals surface area contributed by atoms with Crippen LogP contribution in [0.5, 0.6) is 0 Å². The Labute approximate surface area is 130 Å². The minimum atomic E-state index is -0.553. The zero-order chi connectivity index (χ0) is 15.7. The molecule has 1 heterocycles. The highest BCUT2D eigenvalue weighted by atomic mass is 32.2. The summed E-state index contributed by atoms with van der Waals surface area (Å²) in [6.45, 7) is 6.00. The maximum atomic E-state index is 9.94. The molecule has 0 aromatic carbocycles. The van der Waals surface area contributed by atoms with E-state index in [9.17, 15) is 5.11 Å². The van der Waals surface area contributed by atoms with Gasteiger partial charge in [0.05, 0.1) is 32.0 Å². The molecule has 0 aliphatic heterocycles. The van der Waals surface area contributed by atoms with Crippen molar-refractivity contribution in [3.05, 3.63) is 5.82 Å². The van der Waals surface area contributed by atoms with Crippen LogP contribution in [0.3, 0.4) is 0 Å². The lowest BCUT2D eigenvalue weighted by molar-refractivity contribution is -0.0257. The Morgan fingerprint density at radius 1 is 1.38 bits per heavy atom. The molecule has 0 saturated carbocycles. The van der Waals surface area contributed by atoms with Crippen molar-refractivity contribution in [2.75, 3.05) is 26.1 Å². The van der Waals surface area contributed by atoms with E-state index < -0.39 is 6.10 Å². The molecule has 0 amide bonds. The molecule has 1 aromatic rings. The third-order valence-electron chi connectivity index (χ3n) is 2.80. The second kappa shape index (κ2) is 10.1. The van der Waals surface area contributed by atoms with Gasteiger partial charge in [-0.15, -0.1) is 10.2 Å². The van der Waals surface area contributed by atoms with E-state index in [0.717, 1.165) is 23.9 Å². The molecule has 1 aromatic heterocycles. The van der Waals surface area contributed by atoms with E-state index in [4.69, 9.17) is 15.2 Å². The average molecular weight is 318 g/mol. The molecule has 0 spiro atoms. The van der Waals surface area contributed by atoms with Gasteiger partial charge in [0.25, 0.3) is 0 Å². The number of aliphatic hydroxyl groups excluding tert-OH is 1. The summed E-state index contributed by atoms with van der Waals surface area (Å²) in [7, 11) is 1.63. The zero-order valence-electron chi connectivity index (χ0n) is 13.0.